The van der Waals surface area contributed by atoms with E-state index in [-0.39, 0.29) is 11.9 Å². The van der Waals surface area contributed by atoms with Gasteiger partial charge in [-0.3, -0.25) is 4.79 Å². The molecule has 1 atom stereocenters. The topological polar surface area (TPSA) is 59.2 Å². The minimum absolute atomic E-state index is 0.0967. The molecule has 4 rings (SSSR count). The molecule has 1 aliphatic rings. The number of nitrogens with zero attached hydrogens (tertiary/aromatic N) is 3. The van der Waals surface area contributed by atoms with Gasteiger partial charge in [0, 0.05) is 17.8 Å². The Morgan fingerprint density at radius 3 is 2.85 bits per heavy atom. The second-order valence-electron chi connectivity index (χ2n) is 6.59. The average molecular weight is 367 g/mol. The van der Waals surface area contributed by atoms with Crippen LogP contribution in [0.15, 0.2) is 46.9 Å². The standard InChI is InChI=1S/C20H21N3O2S/c1-14-9-11-17(26-14)20-22-21-19(25-20)16-8-5-13-23(16)18(24)12-10-15-6-3-2-4-7-15/h2-4,6-7,9,11,16H,5,8,10,12-13H2,1H3/t16-/m0/s1. The molecule has 3 heterocycles. The fraction of sp³-hybridized carbons (Fsp3) is 0.350. The molecule has 1 saturated heterocycles. The summed E-state index contributed by atoms with van der Waals surface area (Å²) in [5.41, 5.74) is 1.18. The van der Waals surface area contributed by atoms with Crippen LogP contribution in [0.5, 0.6) is 0 Å². The molecule has 0 saturated carbocycles. The summed E-state index contributed by atoms with van der Waals surface area (Å²) in [5, 5.41) is 8.42. The third kappa shape index (κ3) is 3.55. The Balaban J connectivity index is 1.44. The molecule has 26 heavy (non-hydrogen) atoms. The number of carbonyl (C=O) groups is 1. The predicted molar refractivity (Wildman–Crippen MR) is 101 cm³/mol. The molecule has 1 aromatic carbocycles. The molecule has 1 aliphatic heterocycles. The number of amides is 1. The largest absolute Gasteiger partial charge is 0.418 e. The van der Waals surface area contributed by atoms with Crippen LogP contribution >= 0.6 is 11.3 Å². The summed E-state index contributed by atoms with van der Waals surface area (Å²) in [6.45, 7) is 2.81. The smallest absolute Gasteiger partial charge is 0.257 e. The predicted octanol–water partition coefficient (Wildman–Crippen LogP) is 4.40. The molecular formula is C20H21N3O2S. The lowest BCUT2D eigenvalue weighted by Gasteiger charge is -2.22. The molecule has 1 amide bonds. The lowest BCUT2D eigenvalue weighted by molar-refractivity contribution is -0.132. The van der Waals surface area contributed by atoms with Crippen LogP contribution in [0.4, 0.5) is 0 Å². The van der Waals surface area contributed by atoms with Crippen LogP contribution in [-0.2, 0) is 11.2 Å². The van der Waals surface area contributed by atoms with Crippen LogP contribution in [0, 0.1) is 6.92 Å². The van der Waals surface area contributed by atoms with Crippen molar-refractivity contribution < 1.29 is 9.21 Å². The van der Waals surface area contributed by atoms with E-state index >= 15 is 0 Å². The maximum absolute atomic E-state index is 12.7. The highest BCUT2D eigenvalue weighted by Crippen LogP contribution is 2.34. The van der Waals surface area contributed by atoms with Gasteiger partial charge in [-0.1, -0.05) is 30.3 Å². The van der Waals surface area contributed by atoms with Gasteiger partial charge in [-0.2, -0.15) is 0 Å². The van der Waals surface area contributed by atoms with Gasteiger partial charge in [-0.15, -0.1) is 21.5 Å². The summed E-state index contributed by atoms with van der Waals surface area (Å²) in [6, 6.07) is 14.1. The Morgan fingerprint density at radius 1 is 1.23 bits per heavy atom. The minimum atomic E-state index is -0.0967. The van der Waals surface area contributed by atoms with Gasteiger partial charge in [-0.25, -0.2) is 0 Å². The van der Waals surface area contributed by atoms with Crippen molar-refractivity contribution in [2.45, 2.75) is 38.6 Å². The summed E-state index contributed by atoms with van der Waals surface area (Å²) >= 11 is 1.63. The highest BCUT2D eigenvalue weighted by Gasteiger charge is 2.33. The van der Waals surface area contributed by atoms with Crippen molar-refractivity contribution in [2.75, 3.05) is 6.54 Å². The Kier molecular flexibility index (Phi) is 4.84. The first-order chi connectivity index (χ1) is 12.7. The number of hydrogen-bond acceptors (Lipinski definition) is 5. The Hall–Kier alpha value is -2.47. The first-order valence-corrected chi connectivity index (χ1v) is 9.76. The fourth-order valence-corrected chi connectivity index (χ4v) is 4.17. The van der Waals surface area contributed by atoms with Crippen LogP contribution < -0.4 is 0 Å². The summed E-state index contributed by atoms with van der Waals surface area (Å²) < 4.78 is 5.90. The Morgan fingerprint density at radius 2 is 2.08 bits per heavy atom. The molecule has 0 N–H and O–H groups in total. The highest BCUT2D eigenvalue weighted by molar-refractivity contribution is 7.15. The molecule has 2 aromatic heterocycles. The van der Waals surface area contributed by atoms with Crippen LogP contribution in [-0.4, -0.2) is 27.5 Å². The zero-order valence-corrected chi connectivity index (χ0v) is 15.5. The van der Waals surface area contributed by atoms with Crippen LogP contribution in [0.2, 0.25) is 0 Å². The average Bonchev–Trinajstić information content (AvgIpc) is 3.39. The van der Waals surface area contributed by atoms with E-state index in [1.807, 2.05) is 35.2 Å². The van der Waals surface area contributed by atoms with E-state index < -0.39 is 0 Å². The zero-order chi connectivity index (χ0) is 17.9. The molecule has 6 heteroatoms. The number of benzene rings is 1. The van der Waals surface area contributed by atoms with E-state index in [4.69, 9.17) is 4.42 Å². The number of rotatable bonds is 5. The maximum atomic E-state index is 12.7. The van der Waals surface area contributed by atoms with Crippen LogP contribution in [0.3, 0.4) is 0 Å². The second-order valence-corrected chi connectivity index (χ2v) is 7.87. The zero-order valence-electron chi connectivity index (χ0n) is 14.7. The van der Waals surface area contributed by atoms with Crippen molar-refractivity contribution >= 4 is 17.2 Å². The normalized spacial score (nSPS) is 17.0. The molecule has 134 valence electrons. The van der Waals surface area contributed by atoms with Crippen molar-refractivity contribution in [3.8, 4) is 10.8 Å². The summed E-state index contributed by atoms with van der Waals surface area (Å²) in [7, 11) is 0. The minimum Gasteiger partial charge on any atom is -0.418 e. The number of thiophene rings is 1. The summed E-state index contributed by atoms with van der Waals surface area (Å²) in [5.74, 6) is 1.25. The third-order valence-corrected chi connectivity index (χ3v) is 5.71. The van der Waals surface area contributed by atoms with E-state index in [0.717, 1.165) is 30.7 Å². The van der Waals surface area contributed by atoms with Gasteiger partial charge in [0.05, 0.1) is 4.88 Å². The van der Waals surface area contributed by atoms with E-state index in [0.29, 0.717) is 18.2 Å². The van der Waals surface area contributed by atoms with Gasteiger partial charge >= 0.3 is 0 Å². The third-order valence-electron chi connectivity index (χ3n) is 4.72. The number of aromatic nitrogens is 2. The molecule has 0 radical (unpaired) electrons. The van der Waals surface area contributed by atoms with Gasteiger partial charge in [0.25, 0.3) is 5.89 Å². The lowest BCUT2D eigenvalue weighted by atomic mass is 10.1. The number of aryl methyl sites for hydroxylation is 2. The molecule has 0 unspecified atom stereocenters. The quantitative estimate of drug-likeness (QED) is 0.670. The Labute approximate surface area is 156 Å². The maximum Gasteiger partial charge on any atom is 0.257 e. The molecule has 5 nitrogen and oxygen atoms in total. The van der Waals surface area contributed by atoms with Crippen molar-refractivity contribution in [3.63, 3.8) is 0 Å². The molecule has 3 aromatic rings. The second kappa shape index (κ2) is 7.41. The van der Waals surface area contributed by atoms with Gasteiger partial charge in [-0.05, 0) is 43.9 Å². The van der Waals surface area contributed by atoms with E-state index in [9.17, 15) is 4.79 Å². The number of likely N-dealkylation sites (tertiary alicyclic amines) is 1. The number of carbonyl (C=O) groups excluding carboxylic acids is 1. The van der Waals surface area contributed by atoms with Gasteiger partial charge in [0.2, 0.25) is 11.8 Å². The molecule has 0 aliphatic carbocycles. The van der Waals surface area contributed by atoms with Crippen molar-refractivity contribution in [1.82, 2.24) is 15.1 Å². The van der Waals surface area contributed by atoms with E-state index in [1.165, 1.54) is 10.4 Å². The molecule has 1 fully saturated rings. The van der Waals surface area contributed by atoms with Crippen molar-refractivity contribution in [3.05, 3.63) is 58.8 Å². The molecular weight excluding hydrogens is 346 g/mol. The first-order valence-electron chi connectivity index (χ1n) is 8.94. The van der Waals surface area contributed by atoms with Gasteiger partial charge in [0.15, 0.2) is 0 Å². The molecule has 0 spiro atoms. The highest BCUT2D eigenvalue weighted by atomic mass is 32.1. The molecule has 0 bridgehead atoms. The summed E-state index contributed by atoms with van der Waals surface area (Å²) in [6.07, 6.45) is 3.11. The van der Waals surface area contributed by atoms with Crippen LogP contribution in [0.25, 0.3) is 10.8 Å². The summed E-state index contributed by atoms with van der Waals surface area (Å²) in [4.78, 5) is 16.8. The first kappa shape index (κ1) is 17.0. The van der Waals surface area contributed by atoms with E-state index in [2.05, 4.69) is 29.3 Å². The van der Waals surface area contributed by atoms with Crippen molar-refractivity contribution in [1.29, 1.82) is 0 Å². The van der Waals surface area contributed by atoms with Gasteiger partial charge in [0.1, 0.15) is 6.04 Å². The van der Waals surface area contributed by atoms with Crippen LogP contribution in [0.1, 0.15) is 41.6 Å². The fourth-order valence-electron chi connectivity index (χ4n) is 3.38. The lowest BCUT2D eigenvalue weighted by Crippen LogP contribution is -2.30. The van der Waals surface area contributed by atoms with Crippen molar-refractivity contribution in [2.24, 2.45) is 0 Å². The Bertz CT molecular complexity index is 887. The van der Waals surface area contributed by atoms with Gasteiger partial charge < -0.3 is 9.32 Å². The van der Waals surface area contributed by atoms with E-state index in [1.54, 1.807) is 11.3 Å². The monoisotopic (exact) mass is 367 g/mol. The SMILES string of the molecule is Cc1ccc(-c2nnc([C@@H]3CCCN3C(=O)CCc3ccccc3)o2)s1. The number of hydrogen-bond donors (Lipinski definition) is 0.